The van der Waals surface area contributed by atoms with Crippen LogP contribution in [-0.2, 0) is 4.79 Å². The SMILES string of the molecule is CN1C(=O)CC2CCCCC2N1C. The van der Waals surface area contributed by atoms with Gasteiger partial charge in [0.2, 0.25) is 5.91 Å². The van der Waals surface area contributed by atoms with Gasteiger partial charge in [0.25, 0.3) is 0 Å². The van der Waals surface area contributed by atoms with Crippen LogP contribution in [0.5, 0.6) is 0 Å². The van der Waals surface area contributed by atoms with Crippen LogP contribution in [0.15, 0.2) is 0 Å². The largest absolute Gasteiger partial charge is 0.278 e. The molecule has 1 saturated carbocycles. The number of rotatable bonds is 0. The van der Waals surface area contributed by atoms with Gasteiger partial charge in [0, 0.05) is 26.6 Å². The number of carbonyl (C=O) groups excluding carboxylic acids is 1. The molecule has 1 saturated heterocycles. The minimum atomic E-state index is 0.283. The van der Waals surface area contributed by atoms with Crippen LogP contribution in [0, 0.1) is 5.92 Å². The molecule has 1 heterocycles. The van der Waals surface area contributed by atoms with E-state index < -0.39 is 0 Å². The van der Waals surface area contributed by atoms with E-state index in [1.54, 1.807) is 5.01 Å². The third-order valence-corrected chi connectivity index (χ3v) is 3.62. The Morgan fingerprint density at radius 3 is 2.69 bits per heavy atom. The lowest BCUT2D eigenvalue weighted by molar-refractivity contribution is -0.162. The Morgan fingerprint density at radius 1 is 1.23 bits per heavy atom. The van der Waals surface area contributed by atoms with Crippen molar-refractivity contribution < 1.29 is 4.79 Å². The smallest absolute Gasteiger partial charge is 0.236 e. The molecule has 13 heavy (non-hydrogen) atoms. The van der Waals surface area contributed by atoms with E-state index in [4.69, 9.17) is 0 Å². The van der Waals surface area contributed by atoms with Gasteiger partial charge < -0.3 is 0 Å². The van der Waals surface area contributed by atoms with Gasteiger partial charge in [-0.15, -0.1) is 0 Å². The maximum Gasteiger partial charge on any atom is 0.236 e. The second-order valence-corrected chi connectivity index (χ2v) is 4.31. The monoisotopic (exact) mass is 182 g/mol. The molecule has 2 unspecified atom stereocenters. The fourth-order valence-corrected chi connectivity index (χ4v) is 2.67. The summed E-state index contributed by atoms with van der Waals surface area (Å²) in [5.74, 6) is 0.910. The molecule has 1 aliphatic heterocycles. The zero-order valence-electron chi connectivity index (χ0n) is 8.49. The topological polar surface area (TPSA) is 23.6 Å². The third kappa shape index (κ3) is 1.46. The second kappa shape index (κ2) is 3.29. The first kappa shape index (κ1) is 9.00. The summed E-state index contributed by atoms with van der Waals surface area (Å²) in [6.45, 7) is 0. The van der Waals surface area contributed by atoms with E-state index in [9.17, 15) is 4.79 Å². The highest BCUT2D eigenvalue weighted by molar-refractivity contribution is 5.76. The van der Waals surface area contributed by atoms with E-state index in [1.807, 2.05) is 14.1 Å². The van der Waals surface area contributed by atoms with E-state index in [-0.39, 0.29) is 5.91 Å². The number of fused-ring (bicyclic) bond motifs is 1. The maximum atomic E-state index is 11.5. The highest BCUT2D eigenvalue weighted by Crippen LogP contribution is 2.34. The average molecular weight is 182 g/mol. The summed E-state index contributed by atoms with van der Waals surface area (Å²) in [7, 11) is 3.92. The average Bonchev–Trinajstić information content (AvgIpc) is 2.15. The molecule has 0 spiro atoms. The van der Waals surface area contributed by atoms with Crippen molar-refractivity contribution in [2.24, 2.45) is 5.92 Å². The Labute approximate surface area is 79.7 Å². The van der Waals surface area contributed by atoms with Crippen LogP contribution in [0.4, 0.5) is 0 Å². The fraction of sp³-hybridized carbons (Fsp3) is 0.900. The van der Waals surface area contributed by atoms with Crippen molar-refractivity contribution in [3.05, 3.63) is 0 Å². The van der Waals surface area contributed by atoms with E-state index in [2.05, 4.69) is 5.01 Å². The molecule has 0 N–H and O–H groups in total. The van der Waals surface area contributed by atoms with Crippen molar-refractivity contribution in [1.82, 2.24) is 10.0 Å². The van der Waals surface area contributed by atoms with Crippen LogP contribution in [0.25, 0.3) is 0 Å². The number of nitrogens with zero attached hydrogens (tertiary/aromatic N) is 2. The highest BCUT2D eigenvalue weighted by Gasteiger charge is 2.37. The molecule has 1 aliphatic carbocycles. The minimum Gasteiger partial charge on any atom is -0.278 e. The zero-order chi connectivity index (χ0) is 9.42. The predicted molar refractivity (Wildman–Crippen MR) is 50.9 cm³/mol. The lowest BCUT2D eigenvalue weighted by atomic mass is 9.81. The summed E-state index contributed by atoms with van der Waals surface area (Å²) in [6.07, 6.45) is 5.92. The molecular weight excluding hydrogens is 164 g/mol. The van der Waals surface area contributed by atoms with Gasteiger partial charge in [0.1, 0.15) is 0 Å². The molecule has 2 atom stereocenters. The first-order valence-electron chi connectivity index (χ1n) is 5.19. The Bertz CT molecular complexity index is 215. The lowest BCUT2D eigenvalue weighted by Crippen LogP contribution is -2.56. The van der Waals surface area contributed by atoms with Gasteiger partial charge in [-0.25, -0.2) is 5.01 Å². The van der Waals surface area contributed by atoms with Crippen molar-refractivity contribution in [3.8, 4) is 0 Å². The van der Waals surface area contributed by atoms with Crippen molar-refractivity contribution in [3.63, 3.8) is 0 Å². The molecule has 74 valence electrons. The molecule has 2 fully saturated rings. The lowest BCUT2D eigenvalue weighted by Gasteiger charge is -2.46. The van der Waals surface area contributed by atoms with Gasteiger partial charge in [-0.05, 0) is 18.8 Å². The number of carbonyl (C=O) groups is 1. The molecule has 0 bridgehead atoms. The van der Waals surface area contributed by atoms with Crippen LogP contribution in [0.1, 0.15) is 32.1 Å². The number of hydrogen-bond donors (Lipinski definition) is 0. The Balaban J connectivity index is 2.12. The standard InChI is InChI=1S/C10H18N2O/c1-11-9-6-4-3-5-8(9)7-10(13)12(11)2/h8-9H,3-7H2,1-2H3. The first-order chi connectivity index (χ1) is 6.20. The predicted octanol–water partition coefficient (Wildman–Crippen LogP) is 1.25. The molecule has 0 radical (unpaired) electrons. The van der Waals surface area contributed by atoms with Crippen molar-refractivity contribution in [2.75, 3.05) is 14.1 Å². The van der Waals surface area contributed by atoms with Crippen molar-refractivity contribution in [1.29, 1.82) is 0 Å². The molecule has 1 amide bonds. The van der Waals surface area contributed by atoms with Gasteiger partial charge in [-0.3, -0.25) is 9.80 Å². The van der Waals surface area contributed by atoms with Crippen LogP contribution in [0.3, 0.4) is 0 Å². The summed E-state index contributed by atoms with van der Waals surface area (Å²) in [6, 6.07) is 0.622. The summed E-state index contributed by atoms with van der Waals surface area (Å²) < 4.78 is 0. The third-order valence-electron chi connectivity index (χ3n) is 3.62. The van der Waals surface area contributed by atoms with E-state index >= 15 is 0 Å². The van der Waals surface area contributed by atoms with Gasteiger partial charge in [-0.1, -0.05) is 12.8 Å². The molecule has 2 aliphatic rings. The Morgan fingerprint density at radius 2 is 1.92 bits per heavy atom. The highest BCUT2D eigenvalue weighted by atomic mass is 16.2. The molecule has 3 nitrogen and oxygen atoms in total. The van der Waals surface area contributed by atoms with E-state index in [0.717, 1.165) is 6.42 Å². The number of hydrazine groups is 1. The van der Waals surface area contributed by atoms with Crippen LogP contribution >= 0.6 is 0 Å². The van der Waals surface area contributed by atoms with Crippen molar-refractivity contribution >= 4 is 5.91 Å². The molecule has 0 aromatic carbocycles. The van der Waals surface area contributed by atoms with E-state index in [0.29, 0.717) is 12.0 Å². The Hall–Kier alpha value is -0.570. The summed E-state index contributed by atoms with van der Waals surface area (Å²) in [4.78, 5) is 11.5. The summed E-state index contributed by atoms with van der Waals surface area (Å²) >= 11 is 0. The van der Waals surface area contributed by atoms with Gasteiger partial charge in [0.15, 0.2) is 0 Å². The van der Waals surface area contributed by atoms with Gasteiger partial charge >= 0.3 is 0 Å². The minimum absolute atomic E-state index is 0.283. The molecule has 2 rings (SSSR count). The number of amides is 1. The van der Waals surface area contributed by atoms with E-state index in [1.165, 1.54) is 25.7 Å². The number of hydrogen-bond acceptors (Lipinski definition) is 2. The zero-order valence-corrected chi connectivity index (χ0v) is 8.49. The van der Waals surface area contributed by atoms with Crippen LogP contribution in [-0.4, -0.2) is 36.1 Å². The van der Waals surface area contributed by atoms with Crippen LogP contribution in [0.2, 0.25) is 0 Å². The fourth-order valence-electron chi connectivity index (χ4n) is 2.67. The summed E-state index contributed by atoms with van der Waals surface area (Å²) in [5.41, 5.74) is 0. The molecule has 0 aromatic rings. The normalized spacial score (nSPS) is 36.2. The molecular formula is C10H18N2O. The summed E-state index contributed by atoms with van der Waals surface area (Å²) in [5, 5.41) is 3.92. The first-order valence-corrected chi connectivity index (χ1v) is 5.19. The van der Waals surface area contributed by atoms with Gasteiger partial charge in [-0.2, -0.15) is 0 Å². The van der Waals surface area contributed by atoms with Crippen LogP contribution < -0.4 is 0 Å². The maximum absolute atomic E-state index is 11.5. The molecule has 0 aromatic heterocycles. The van der Waals surface area contributed by atoms with Gasteiger partial charge in [0.05, 0.1) is 0 Å². The second-order valence-electron chi connectivity index (χ2n) is 4.31. The molecule has 3 heteroatoms. The quantitative estimate of drug-likeness (QED) is 0.563. The Kier molecular flexibility index (Phi) is 2.28. The van der Waals surface area contributed by atoms with Crippen molar-refractivity contribution in [2.45, 2.75) is 38.1 Å².